The molecule has 0 aliphatic carbocycles. The third-order valence-electron chi connectivity index (χ3n) is 3.13. The molecule has 0 radical (unpaired) electrons. The van der Waals surface area contributed by atoms with Crippen molar-refractivity contribution in [2.24, 2.45) is 0 Å². The number of hydrogen-bond donors (Lipinski definition) is 3. The van der Waals surface area contributed by atoms with Crippen LogP contribution in [0.25, 0.3) is 0 Å². The van der Waals surface area contributed by atoms with Crippen LogP contribution in [0, 0.1) is 6.92 Å². The molecule has 5 nitrogen and oxygen atoms in total. The van der Waals surface area contributed by atoms with Gasteiger partial charge in [-0.15, -0.1) is 11.3 Å². The van der Waals surface area contributed by atoms with E-state index in [1.54, 1.807) is 11.3 Å². The number of nitrogens with zero attached hydrogens (tertiary/aromatic N) is 1. The average molecular weight is 302 g/mol. The lowest BCUT2D eigenvalue weighted by Gasteiger charge is -2.13. The maximum atomic E-state index is 9.72. The van der Waals surface area contributed by atoms with Crippen LogP contribution in [0.2, 0.25) is 0 Å². The van der Waals surface area contributed by atoms with Crippen molar-refractivity contribution in [2.75, 3.05) is 26.3 Å². The first-order valence-electron chi connectivity index (χ1n) is 7.17. The normalized spacial score (nSPS) is 14.4. The molecule has 1 rings (SSSR count). The zero-order chi connectivity index (χ0) is 14.8. The molecule has 0 bridgehead atoms. The van der Waals surface area contributed by atoms with Gasteiger partial charge >= 0.3 is 0 Å². The lowest BCUT2D eigenvalue weighted by molar-refractivity contribution is 0.0380. The third-order valence-corrected chi connectivity index (χ3v) is 4.13. The Morgan fingerprint density at radius 1 is 1.40 bits per heavy atom. The molecule has 6 heteroatoms. The van der Waals surface area contributed by atoms with Crippen molar-refractivity contribution in [3.8, 4) is 0 Å². The van der Waals surface area contributed by atoms with E-state index in [0.717, 1.165) is 18.5 Å². The van der Waals surface area contributed by atoms with Crippen molar-refractivity contribution < 1.29 is 14.9 Å². The van der Waals surface area contributed by atoms with Gasteiger partial charge in [-0.1, -0.05) is 6.92 Å². The molecule has 3 N–H and O–H groups in total. The molecular formula is C14H26N2O3S. The van der Waals surface area contributed by atoms with E-state index in [2.05, 4.69) is 10.3 Å². The third kappa shape index (κ3) is 7.31. The predicted octanol–water partition coefficient (Wildman–Crippen LogP) is 1.12. The van der Waals surface area contributed by atoms with Crippen molar-refractivity contribution in [1.82, 2.24) is 10.3 Å². The molecule has 0 aliphatic rings. The van der Waals surface area contributed by atoms with E-state index in [1.807, 2.05) is 19.4 Å². The molecule has 0 aromatic carbocycles. The number of rotatable bonds is 11. The molecule has 0 saturated heterocycles. The molecule has 20 heavy (non-hydrogen) atoms. The number of ether oxygens (including phenoxy) is 1. The van der Waals surface area contributed by atoms with E-state index in [9.17, 15) is 10.2 Å². The van der Waals surface area contributed by atoms with Gasteiger partial charge in [0.25, 0.3) is 0 Å². The molecule has 116 valence electrons. The zero-order valence-corrected chi connectivity index (χ0v) is 13.2. The Balaban J connectivity index is 1.97. The largest absolute Gasteiger partial charge is 0.393 e. The summed E-state index contributed by atoms with van der Waals surface area (Å²) in [5.74, 6) is 0. The lowest BCUT2D eigenvalue weighted by Crippen LogP contribution is -2.32. The zero-order valence-electron chi connectivity index (χ0n) is 12.3. The highest BCUT2D eigenvalue weighted by Gasteiger charge is 2.06. The molecule has 0 fully saturated rings. The maximum absolute atomic E-state index is 9.72. The van der Waals surface area contributed by atoms with Gasteiger partial charge in [0.15, 0.2) is 0 Å². The summed E-state index contributed by atoms with van der Waals surface area (Å²) in [6.07, 6.45) is 1.58. The summed E-state index contributed by atoms with van der Waals surface area (Å²) in [6, 6.07) is 0. The SMILES string of the molecule is CCC(O)CCNCC(O)COCCc1scnc1C. The molecule has 0 saturated carbocycles. The van der Waals surface area contributed by atoms with Crippen molar-refractivity contribution in [1.29, 1.82) is 0 Å². The minimum atomic E-state index is -0.503. The van der Waals surface area contributed by atoms with Crippen molar-refractivity contribution in [3.63, 3.8) is 0 Å². The van der Waals surface area contributed by atoms with Crippen molar-refractivity contribution >= 4 is 11.3 Å². The van der Waals surface area contributed by atoms with Crippen LogP contribution in [0.4, 0.5) is 0 Å². The van der Waals surface area contributed by atoms with Gasteiger partial charge in [0.1, 0.15) is 0 Å². The van der Waals surface area contributed by atoms with E-state index in [4.69, 9.17) is 4.74 Å². The van der Waals surface area contributed by atoms with Gasteiger partial charge < -0.3 is 20.3 Å². The van der Waals surface area contributed by atoms with Gasteiger partial charge in [-0.05, 0) is 26.3 Å². The number of aryl methyl sites for hydroxylation is 1. The van der Waals surface area contributed by atoms with Gasteiger partial charge in [0, 0.05) is 17.8 Å². The Labute approximate surface area is 125 Å². The molecular weight excluding hydrogens is 276 g/mol. The van der Waals surface area contributed by atoms with E-state index in [0.29, 0.717) is 32.7 Å². The second-order valence-electron chi connectivity index (χ2n) is 4.89. The number of hydrogen-bond acceptors (Lipinski definition) is 6. The first kappa shape index (κ1) is 17.5. The topological polar surface area (TPSA) is 74.6 Å². The number of nitrogens with one attached hydrogen (secondary N) is 1. The first-order chi connectivity index (χ1) is 9.63. The average Bonchev–Trinajstić information content (AvgIpc) is 2.85. The molecule has 1 heterocycles. The summed E-state index contributed by atoms with van der Waals surface area (Å²) in [7, 11) is 0. The van der Waals surface area contributed by atoms with Gasteiger partial charge in [-0.25, -0.2) is 4.98 Å². The number of aliphatic hydroxyl groups is 2. The summed E-state index contributed by atoms with van der Waals surface area (Å²) in [4.78, 5) is 5.43. The Kier molecular flexibility index (Phi) is 8.97. The van der Waals surface area contributed by atoms with Crippen LogP contribution in [0.15, 0.2) is 5.51 Å². The van der Waals surface area contributed by atoms with Crippen LogP contribution in [-0.2, 0) is 11.2 Å². The molecule has 1 aromatic heterocycles. The van der Waals surface area contributed by atoms with E-state index >= 15 is 0 Å². The van der Waals surface area contributed by atoms with Crippen molar-refractivity contribution in [2.45, 2.75) is 45.3 Å². The second kappa shape index (κ2) is 10.2. The van der Waals surface area contributed by atoms with Crippen LogP contribution >= 0.6 is 11.3 Å². The highest BCUT2D eigenvalue weighted by molar-refractivity contribution is 7.09. The fourth-order valence-corrected chi connectivity index (χ4v) is 2.51. The van der Waals surface area contributed by atoms with Crippen LogP contribution in [0.5, 0.6) is 0 Å². The van der Waals surface area contributed by atoms with Crippen molar-refractivity contribution in [3.05, 3.63) is 16.1 Å². The van der Waals surface area contributed by atoms with Gasteiger partial charge in [-0.3, -0.25) is 0 Å². The van der Waals surface area contributed by atoms with Gasteiger partial charge in [0.2, 0.25) is 0 Å². The Morgan fingerprint density at radius 3 is 2.85 bits per heavy atom. The molecule has 1 aromatic rings. The molecule has 2 unspecified atom stereocenters. The fourth-order valence-electron chi connectivity index (χ4n) is 1.75. The monoisotopic (exact) mass is 302 g/mol. The number of aliphatic hydroxyl groups excluding tert-OH is 2. The van der Waals surface area contributed by atoms with E-state index in [-0.39, 0.29) is 6.10 Å². The standard InChI is InChI=1S/C14H26N2O3S/c1-3-12(17)4-6-15-8-13(18)9-19-7-5-14-11(2)16-10-20-14/h10,12-13,15,17-18H,3-9H2,1-2H3. The second-order valence-corrected chi connectivity index (χ2v) is 5.83. The molecule has 0 aliphatic heterocycles. The lowest BCUT2D eigenvalue weighted by atomic mass is 10.2. The highest BCUT2D eigenvalue weighted by atomic mass is 32.1. The van der Waals surface area contributed by atoms with Crippen LogP contribution in [0.1, 0.15) is 30.3 Å². The quantitative estimate of drug-likeness (QED) is 0.534. The predicted molar refractivity (Wildman–Crippen MR) is 81.2 cm³/mol. The Bertz CT molecular complexity index is 360. The fraction of sp³-hybridized carbons (Fsp3) is 0.786. The summed E-state index contributed by atoms with van der Waals surface area (Å²) >= 11 is 1.64. The maximum Gasteiger partial charge on any atom is 0.0897 e. The Morgan fingerprint density at radius 2 is 2.20 bits per heavy atom. The van der Waals surface area contributed by atoms with E-state index < -0.39 is 6.10 Å². The Hall–Kier alpha value is -0.530. The summed E-state index contributed by atoms with van der Waals surface area (Å²) in [5.41, 5.74) is 2.91. The molecule has 2 atom stereocenters. The first-order valence-corrected chi connectivity index (χ1v) is 8.05. The number of thiazole rings is 1. The molecule has 0 spiro atoms. The van der Waals surface area contributed by atoms with E-state index in [1.165, 1.54) is 4.88 Å². The van der Waals surface area contributed by atoms with Gasteiger partial charge in [-0.2, -0.15) is 0 Å². The van der Waals surface area contributed by atoms with Gasteiger partial charge in [0.05, 0.1) is 36.6 Å². The smallest absolute Gasteiger partial charge is 0.0897 e. The van der Waals surface area contributed by atoms with Crippen LogP contribution < -0.4 is 5.32 Å². The minimum Gasteiger partial charge on any atom is -0.393 e. The highest BCUT2D eigenvalue weighted by Crippen LogP contribution is 2.12. The molecule has 0 amide bonds. The summed E-state index contributed by atoms with van der Waals surface area (Å²) in [5, 5.41) is 22.2. The number of aromatic nitrogens is 1. The minimum absolute atomic E-state index is 0.251. The van der Waals surface area contributed by atoms with Crippen LogP contribution in [-0.4, -0.2) is 53.7 Å². The van der Waals surface area contributed by atoms with Crippen LogP contribution in [0.3, 0.4) is 0 Å². The summed E-state index contributed by atoms with van der Waals surface area (Å²) < 4.78 is 5.46. The summed E-state index contributed by atoms with van der Waals surface area (Å²) in [6.45, 7) is 6.10.